The second kappa shape index (κ2) is 4.08. The van der Waals surface area contributed by atoms with Crippen LogP contribution < -0.4 is 10.4 Å². The van der Waals surface area contributed by atoms with Gasteiger partial charge in [0.15, 0.2) is 0 Å². The van der Waals surface area contributed by atoms with Gasteiger partial charge in [0.1, 0.15) is 0 Å². The molecule has 0 radical (unpaired) electrons. The molecule has 0 saturated carbocycles. The van der Waals surface area contributed by atoms with Crippen LogP contribution in [0.25, 0.3) is 11.6 Å². The van der Waals surface area contributed by atoms with Gasteiger partial charge in [0.2, 0.25) is 0 Å². The number of fused-ring (bicyclic) bond motifs is 4. The topological polar surface area (TPSA) is 0 Å². The Morgan fingerprint density at radius 1 is 0.905 bits per heavy atom. The minimum Gasteiger partial charge on any atom is -0.0836 e. The number of hydrogen-bond donors (Lipinski definition) is 0. The zero-order valence-electron chi connectivity index (χ0n) is 11.9. The molecular formula is C21H16. The number of hydrogen-bond acceptors (Lipinski definition) is 0. The molecule has 0 nitrogen and oxygen atoms in total. The molecule has 0 atom stereocenters. The van der Waals surface area contributed by atoms with E-state index in [4.69, 9.17) is 0 Å². The van der Waals surface area contributed by atoms with Crippen molar-refractivity contribution in [2.75, 3.05) is 0 Å². The van der Waals surface area contributed by atoms with Crippen molar-refractivity contribution in [2.45, 2.75) is 19.3 Å². The molecule has 2 aromatic carbocycles. The fourth-order valence-corrected chi connectivity index (χ4v) is 3.88. The Hall–Kier alpha value is -2.34. The van der Waals surface area contributed by atoms with E-state index in [9.17, 15) is 0 Å². The quantitative estimate of drug-likeness (QED) is 0.588. The van der Waals surface area contributed by atoms with Crippen molar-refractivity contribution in [2.24, 2.45) is 0 Å². The second-order valence-electron chi connectivity index (χ2n) is 6.11. The SMILES string of the molecule is C1=CC2=CCc3cc4c(cc3=C2CC1)C=c1ccccc1=4. The van der Waals surface area contributed by atoms with Gasteiger partial charge in [0.05, 0.1) is 0 Å². The van der Waals surface area contributed by atoms with E-state index in [0.717, 1.165) is 6.42 Å². The molecule has 0 saturated heterocycles. The molecule has 0 bridgehead atoms. The maximum Gasteiger partial charge on any atom is -0.00821 e. The van der Waals surface area contributed by atoms with Crippen molar-refractivity contribution in [3.05, 3.63) is 92.2 Å². The van der Waals surface area contributed by atoms with E-state index < -0.39 is 0 Å². The Kier molecular flexibility index (Phi) is 2.20. The molecule has 3 aliphatic rings. The van der Waals surface area contributed by atoms with E-state index in [2.05, 4.69) is 60.7 Å². The molecule has 0 amide bonds. The normalized spacial score (nSPS) is 17.3. The largest absolute Gasteiger partial charge is 0.0836 e. The predicted octanol–water partition coefficient (Wildman–Crippen LogP) is 3.10. The lowest BCUT2D eigenvalue weighted by Crippen LogP contribution is -2.19. The summed E-state index contributed by atoms with van der Waals surface area (Å²) in [5.74, 6) is 0. The van der Waals surface area contributed by atoms with Gasteiger partial charge in [-0.05, 0) is 80.6 Å². The Balaban J connectivity index is 1.92. The molecule has 100 valence electrons. The molecular weight excluding hydrogens is 252 g/mol. The Labute approximate surface area is 123 Å². The molecule has 0 N–H and O–H groups in total. The van der Waals surface area contributed by atoms with Gasteiger partial charge in [0.25, 0.3) is 0 Å². The highest BCUT2D eigenvalue weighted by Crippen LogP contribution is 2.27. The summed E-state index contributed by atoms with van der Waals surface area (Å²) < 4.78 is 0. The summed E-state index contributed by atoms with van der Waals surface area (Å²) in [4.78, 5) is 0. The maximum atomic E-state index is 2.42. The number of rotatable bonds is 0. The van der Waals surface area contributed by atoms with E-state index in [1.807, 2.05) is 0 Å². The minimum atomic E-state index is 1.06. The molecule has 3 aliphatic carbocycles. The van der Waals surface area contributed by atoms with E-state index in [1.54, 1.807) is 5.57 Å². The fourth-order valence-electron chi connectivity index (χ4n) is 3.88. The zero-order valence-corrected chi connectivity index (χ0v) is 11.9. The lowest BCUT2D eigenvalue weighted by atomic mass is 9.85. The lowest BCUT2D eigenvalue weighted by molar-refractivity contribution is 1.01. The molecule has 0 spiro atoms. The standard InChI is InChI=1S/C21H16/c1-3-7-18-14(5-1)9-10-16-12-21-17(13-20(16)18)11-15-6-2-4-8-19(15)21/h1-2,4-6,8-9,11-13H,3,7,10H2. The first-order valence-corrected chi connectivity index (χ1v) is 7.74. The Bertz CT molecular complexity index is 1050. The van der Waals surface area contributed by atoms with Crippen LogP contribution in [0.5, 0.6) is 0 Å². The Morgan fingerprint density at radius 3 is 2.86 bits per heavy atom. The molecule has 0 heteroatoms. The molecule has 2 aromatic rings. The average Bonchev–Trinajstić information content (AvgIpc) is 2.90. The van der Waals surface area contributed by atoms with Crippen LogP contribution in [0.3, 0.4) is 0 Å². The van der Waals surface area contributed by atoms with Crippen LogP contribution in [0.2, 0.25) is 0 Å². The zero-order chi connectivity index (χ0) is 13.8. The van der Waals surface area contributed by atoms with Crippen LogP contribution in [0.4, 0.5) is 0 Å². The van der Waals surface area contributed by atoms with E-state index in [0.29, 0.717) is 0 Å². The van der Waals surface area contributed by atoms with Crippen molar-refractivity contribution in [1.82, 2.24) is 0 Å². The van der Waals surface area contributed by atoms with E-state index in [1.165, 1.54) is 50.4 Å². The van der Waals surface area contributed by atoms with Crippen LogP contribution in [-0.2, 0) is 6.42 Å². The van der Waals surface area contributed by atoms with Gasteiger partial charge < -0.3 is 0 Å². The molecule has 0 heterocycles. The van der Waals surface area contributed by atoms with Gasteiger partial charge in [0, 0.05) is 0 Å². The monoisotopic (exact) mass is 268 g/mol. The second-order valence-corrected chi connectivity index (χ2v) is 6.11. The van der Waals surface area contributed by atoms with Crippen LogP contribution in [0.1, 0.15) is 24.0 Å². The molecule has 0 aromatic heterocycles. The average molecular weight is 268 g/mol. The molecule has 0 fully saturated rings. The van der Waals surface area contributed by atoms with Crippen LogP contribution in [0.15, 0.2) is 60.2 Å². The van der Waals surface area contributed by atoms with Gasteiger partial charge in [-0.2, -0.15) is 0 Å². The van der Waals surface area contributed by atoms with Crippen LogP contribution in [0, 0.1) is 10.4 Å². The van der Waals surface area contributed by atoms with Crippen LogP contribution in [-0.4, -0.2) is 0 Å². The summed E-state index contributed by atoms with van der Waals surface area (Å²) in [5, 5.41) is 5.64. The first-order valence-electron chi connectivity index (χ1n) is 7.74. The van der Waals surface area contributed by atoms with Crippen molar-refractivity contribution < 1.29 is 0 Å². The highest BCUT2D eigenvalue weighted by atomic mass is 14.2. The summed E-state index contributed by atoms with van der Waals surface area (Å²) in [6.45, 7) is 0. The van der Waals surface area contributed by atoms with Crippen molar-refractivity contribution in [3.63, 3.8) is 0 Å². The molecule has 21 heavy (non-hydrogen) atoms. The summed E-state index contributed by atoms with van der Waals surface area (Å²) >= 11 is 0. The number of allylic oxidation sites excluding steroid dienone is 4. The number of benzene rings is 2. The van der Waals surface area contributed by atoms with E-state index in [-0.39, 0.29) is 0 Å². The summed E-state index contributed by atoms with van der Waals surface area (Å²) in [7, 11) is 0. The van der Waals surface area contributed by atoms with Crippen molar-refractivity contribution >= 4 is 11.6 Å². The highest BCUT2D eigenvalue weighted by Gasteiger charge is 2.15. The van der Waals surface area contributed by atoms with E-state index >= 15 is 0 Å². The van der Waals surface area contributed by atoms with Gasteiger partial charge in [-0.3, -0.25) is 0 Å². The van der Waals surface area contributed by atoms with Gasteiger partial charge in [-0.1, -0.05) is 42.5 Å². The first kappa shape index (κ1) is 11.3. The summed E-state index contributed by atoms with van der Waals surface area (Å²) in [6, 6.07) is 13.6. The van der Waals surface area contributed by atoms with Gasteiger partial charge in [-0.25, -0.2) is 0 Å². The first-order chi connectivity index (χ1) is 10.4. The molecule has 0 aliphatic heterocycles. The van der Waals surface area contributed by atoms with Crippen LogP contribution >= 0.6 is 0 Å². The van der Waals surface area contributed by atoms with Gasteiger partial charge >= 0.3 is 0 Å². The lowest BCUT2D eigenvalue weighted by Gasteiger charge is -2.19. The predicted molar refractivity (Wildman–Crippen MR) is 86.9 cm³/mol. The molecule has 0 unspecified atom stereocenters. The van der Waals surface area contributed by atoms with Crippen molar-refractivity contribution in [3.8, 4) is 0 Å². The summed E-state index contributed by atoms with van der Waals surface area (Å²) in [6.07, 6.45) is 12.7. The minimum absolute atomic E-state index is 1.06. The fraction of sp³-hybridized carbons (Fsp3) is 0.143. The third-order valence-corrected chi connectivity index (χ3v) is 4.91. The molecule has 5 rings (SSSR count). The third-order valence-electron chi connectivity index (χ3n) is 4.91. The smallest absolute Gasteiger partial charge is 0.00821 e. The van der Waals surface area contributed by atoms with Crippen molar-refractivity contribution in [1.29, 1.82) is 0 Å². The third kappa shape index (κ3) is 1.56. The highest BCUT2D eigenvalue weighted by molar-refractivity contribution is 5.73. The van der Waals surface area contributed by atoms with Gasteiger partial charge in [-0.15, -0.1) is 0 Å². The maximum absolute atomic E-state index is 2.42. The summed E-state index contributed by atoms with van der Waals surface area (Å²) in [5.41, 5.74) is 5.88. The Morgan fingerprint density at radius 2 is 1.86 bits per heavy atom.